The van der Waals surface area contributed by atoms with Crippen LogP contribution < -0.4 is 10.5 Å². The molecule has 0 aromatic heterocycles. The third-order valence-electron chi connectivity index (χ3n) is 2.09. The minimum Gasteiger partial charge on any atom is -0.488 e. The molecule has 1 heterocycles. The zero-order chi connectivity index (χ0) is 9.10. The Morgan fingerprint density at radius 3 is 2.77 bits per heavy atom. The molecule has 0 atom stereocenters. The molecule has 70 valence electrons. The number of ether oxygens (including phenoxy) is 1. The Kier molecular flexibility index (Phi) is 2.76. The molecule has 0 spiro atoms. The second kappa shape index (κ2) is 4.03. The Balaban J connectivity index is 2.08. The van der Waals surface area contributed by atoms with Crippen molar-refractivity contribution in [1.82, 2.24) is 0 Å². The lowest BCUT2D eigenvalue weighted by Gasteiger charge is -2.26. The van der Waals surface area contributed by atoms with Crippen molar-refractivity contribution >= 4 is 11.8 Å². The largest absolute Gasteiger partial charge is 0.488 e. The standard InChI is InChI=1S/C10H13NOS/c11-5-8-3-1-2-4-10(8)12-9-6-13-7-9/h1-4,9H,5-7,11H2. The van der Waals surface area contributed by atoms with Crippen molar-refractivity contribution in [3.63, 3.8) is 0 Å². The summed E-state index contributed by atoms with van der Waals surface area (Å²) in [5.74, 6) is 3.17. The molecule has 0 bridgehead atoms. The number of hydrogen-bond acceptors (Lipinski definition) is 3. The Morgan fingerprint density at radius 1 is 1.38 bits per heavy atom. The van der Waals surface area contributed by atoms with Crippen LogP contribution in [0.1, 0.15) is 5.56 Å². The number of thioether (sulfide) groups is 1. The molecule has 1 aromatic rings. The maximum absolute atomic E-state index is 5.77. The summed E-state index contributed by atoms with van der Waals surface area (Å²) in [6, 6.07) is 7.98. The number of hydrogen-bond donors (Lipinski definition) is 1. The summed E-state index contributed by atoms with van der Waals surface area (Å²) in [5.41, 5.74) is 6.70. The van der Waals surface area contributed by atoms with E-state index in [9.17, 15) is 0 Å². The first kappa shape index (κ1) is 8.91. The minimum atomic E-state index is 0.401. The first-order chi connectivity index (χ1) is 6.40. The summed E-state index contributed by atoms with van der Waals surface area (Å²) in [6.07, 6.45) is 0.401. The van der Waals surface area contributed by atoms with Crippen LogP contribution in [0.15, 0.2) is 24.3 Å². The quantitative estimate of drug-likeness (QED) is 0.796. The van der Waals surface area contributed by atoms with Crippen LogP contribution in [0.2, 0.25) is 0 Å². The van der Waals surface area contributed by atoms with Crippen LogP contribution in [0.5, 0.6) is 5.75 Å². The molecule has 2 rings (SSSR count). The number of rotatable bonds is 3. The fourth-order valence-corrected chi connectivity index (χ4v) is 1.81. The van der Waals surface area contributed by atoms with Crippen LogP contribution in [0.25, 0.3) is 0 Å². The van der Waals surface area contributed by atoms with Gasteiger partial charge in [-0.2, -0.15) is 11.8 Å². The summed E-state index contributed by atoms with van der Waals surface area (Å²) in [4.78, 5) is 0. The van der Waals surface area contributed by atoms with Gasteiger partial charge in [0.25, 0.3) is 0 Å². The smallest absolute Gasteiger partial charge is 0.124 e. The number of para-hydroxylation sites is 1. The van der Waals surface area contributed by atoms with Gasteiger partial charge >= 0.3 is 0 Å². The molecule has 1 aliphatic rings. The number of nitrogens with two attached hydrogens (primary N) is 1. The van der Waals surface area contributed by atoms with E-state index in [0.29, 0.717) is 12.6 Å². The van der Waals surface area contributed by atoms with E-state index in [1.165, 1.54) is 0 Å². The molecule has 1 aliphatic heterocycles. The van der Waals surface area contributed by atoms with Gasteiger partial charge in [-0.1, -0.05) is 18.2 Å². The fourth-order valence-electron chi connectivity index (χ4n) is 1.25. The zero-order valence-corrected chi connectivity index (χ0v) is 8.22. The highest BCUT2D eigenvalue weighted by Crippen LogP contribution is 2.25. The maximum Gasteiger partial charge on any atom is 0.124 e. The van der Waals surface area contributed by atoms with Gasteiger partial charge in [0, 0.05) is 23.6 Å². The highest BCUT2D eigenvalue weighted by Gasteiger charge is 2.20. The fraction of sp³-hybridized carbons (Fsp3) is 0.400. The minimum absolute atomic E-state index is 0.401. The lowest BCUT2D eigenvalue weighted by molar-refractivity contribution is 0.238. The SMILES string of the molecule is NCc1ccccc1OC1CSC1. The summed E-state index contributed by atoms with van der Waals surface area (Å²) in [7, 11) is 0. The molecule has 0 unspecified atom stereocenters. The summed E-state index contributed by atoms with van der Waals surface area (Å²) < 4.78 is 5.77. The van der Waals surface area contributed by atoms with Gasteiger partial charge in [-0.15, -0.1) is 0 Å². The molecule has 1 fully saturated rings. The van der Waals surface area contributed by atoms with Gasteiger partial charge in [0.15, 0.2) is 0 Å². The average molecular weight is 195 g/mol. The van der Waals surface area contributed by atoms with E-state index < -0.39 is 0 Å². The lowest BCUT2D eigenvalue weighted by atomic mass is 10.2. The monoisotopic (exact) mass is 195 g/mol. The average Bonchev–Trinajstić information content (AvgIpc) is 2.12. The highest BCUT2D eigenvalue weighted by molar-refractivity contribution is 8.00. The predicted octanol–water partition coefficient (Wildman–Crippen LogP) is 1.64. The van der Waals surface area contributed by atoms with E-state index in [1.807, 2.05) is 36.0 Å². The Bertz CT molecular complexity index is 286. The Hall–Kier alpha value is -0.670. The second-order valence-electron chi connectivity index (χ2n) is 3.09. The molecule has 3 heteroatoms. The second-order valence-corrected chi connectivity index (χ2v) is 4.16. The normalized spacial score (nSPS) is 16.7. The zero-order valence-electron chi connectivity index (χ0n) is 7.40. The molecule has 1 aromatic carbocycles. The summed E-state index contributed by atoms with van der Waals surface area (Å²) in [5, 5.41) is 0. The number of benzene rings is 1. The third-order valence-corrected chi connectivity index (χ3v) is 3.31. The molecule has 0 amide bonds. The molecule has 0 saturated carbocycles. The molecule has 2 N–H and O–H groups in total. The topological polar surface area (TPSA) is 35.2 Å². The highest BCUT2D eigenvalue weighted by atomic mass is 32.2. The maximum atomic E-state index is 5.77. The van der Waals surface area contributed by atoms with Gasteiger partial charge in [-0.25, -0.2) is 0 Å². The molecular weight excluding hydrogens is 182 g/mol. The molecule has 0 aliphatic carbocycles. The van der Waals surface area contributed by atoms with Crippen molar-refractivity contribution in [1.29, 1.82) is 0 Å². The van der Waals surface area contributed by atoms with E-state index in [1.54, 1.807) is 0 Å². The van der Waals surface area contributed by atoms with E-state index in [2.05, 4.69) is 0 Å². The molecule has 0 radical (unpaired) electrons. The lowest BCUT2D eigenvalue weighted by Crippen LogP contribution is -2.31. The summed E-state index contributed by atoms with van der Waals surface area (Å²) >= 11 is 1.92. The summed E-state index contributed by atoms with van der Waals surface area (Å²) in [6.45, 7) is 0.552. The first-order valence-electron chi connectivity index (χ1n) is 4.42. The van der Waals surface area contributed by atoms with Gasteiger partial charge < -0.3 is 10.5 Å². The van der Waals surface area contributed by atoms with Gasteiger partial charge in [0.2, 0.25) is 0 Å². The molecule has 2 nitrogen and oxygen atoms in total. The first-order valence-corrected chi connectivity index (χ1v) is 5.58. The van der Waals surface area contributed by atoms with Gasteiger partial charge in [-0.05, 0) is 6.07 Å². The van der Waals surface area contributed by atoms with Crippen molar-refractivity contribution in [3.05, 3.63) is 29.8 Å². The van der Waals surface area contributed by atoms with Crippen LogP contribution >= 0.6 is 11.8 Å². The Morgan fingerprint density at radius 2 is 2.15 bits per heavy atom. The van der Waals surface area contributed by atoms with Crippen molar-refractivity contribution < 1.29 is 4.74 Å². The third kappa shape index (κ3) is 1.98. The van der Waals surface area contributed by atoms with Crippen LogP contribution in [-0.2, 0) is 6.54 Å². The van der Waals surface area contributed by atoms with Crippen molar-refractivity contribution in [2.75, 3.05) is 11.5 Å². The van der Waals surface area contributed by atoms with Crippen molar-refractivity contribution in [2.45, 2.75) is 12.6 Å². The van der Waals surface area contributed by atoms with Crippen LogP contribution in [0, 0.1) is 0 Å². The van der Waals surface area contributed by atoms with E-state index in [0.717, 1.165) is 22.8 Å². The van der Waals surface area contributed by atoms with Gasteiger partial charge in [0.05, 0.1) is 0 Å². The van der Waals surface area contributed by atoms with Crippen molar-refractivity contribution in [3.8, 4) is 5.75 Å². The van der Waals surface area contributed by atoms with Crippen LogP contribution in [-0.4, -0.2) is 17.6 Å². The van der Waals surface area contributed by atoms with E-state index in [4.69, 9.17) is 10.5 Å². The van der Waals surface area contributed by atoms with Crippen LogP contribution in [0.4, 0.5) is 0 Å². The van der Waals surface area contributed by atoms with Crippen molar-refractivity contribution in [2.24, 2.45) is 5.73 Å². The molecular formula is C10H13NOS. The predicted molar refractivity (Wildman–Crippen MR) is 56.1 cm³/mol. The van der Waals surface area contributed by atoms with Gasteiger partial charge in [-0.3, -0.25) is 0 Å². The van der Waals surface area contributed by atoms with Crippen LogP contribution in [0.3, 0.4) is 0 Å². The van der Waals surface area contributed by atoms with Gasteiger partial charge in [0.1, 0.15) is 11.9 Å². The van der Waals surface area contributed by atoms with E-state index in [-0.39, 0.29) is 0 Å². The van der Waals surface area contributed by atoms with E-state index >= 15 is 0 Å². The molecule has 13 heavy (non-hydrogen) atoms. The molecule has 1 saturated heterocycles. The Labute approximate surface area is 82.5 Å².